The van der Waals surface area contributed by atoms with Crippen LogP contribution in [0.1, 0.15) is 38.2 Å². The fourth-order valence-electron chi connectivity index (χ4n) is 3.53. The number of anilines is 1. The van der Waals surface area contributed by atoms with E-state index in [2.05, 4.69) is 41.8 Å². The van der Waals surface area contributed by atoms with Crippen molar-refractivity contribution >= 4 is 5.69 Å². The van der Waals surface area contributed by atoms with Crippen LogP contribution in [0, 0.1) is 5.41 Å². The number of hydrogen-bond acceptors (Lipinski definition) is 2. The van der Waals surface area contributed by atoms with Crippen molar-refractivity contribution in [1.29, 1.82) is 0 Å². The second-order valence-electron chi connectivity index (χ2n) is 6.05. The van der Waals surface area contributed by atoms with Crippen LogP contribution in [-0.2, 0) is 6.42 Å². The lowest BCUT2D eigenvalue weighted by atomic mass is 9.60. The lowest BCUT2D eigenvalue weighted by Crippen LogP contribution is -2.50. The summed E-state index contributed by atoms with van der Waals surface area (Å²) in [7, 11) is 0. The van der Waals surface area contributed by atoms with Crippen LogP contribution in [0.25, 0.3) is 0 Å². The van der Waals surface area contributed by atoms with E-state index >= 15 is 0 Å². The lowest BCUT2D eigenvalue weighted by Gasteiger charge is -2.50. The van der Waals surface area contributed by atoms with Crippen LogP contribution in [0.2, 0.25) is 0 Å². The van der Waals surface area contributed by atoms with Crippen LogP contribution in [-0.4, -0.2) is 19.1 Å². The summed E-state index contributed by atoms with van der Waals surface area (Å²) in [4.78, 5) is 0. The molecule has 0 aromatic heterocycles. The van der Waals surface area contributed by atoms with Crippen LogP contribution in [0.4, 0.5) is 5.69 Å². The van der Waals surface area contributed by atoms with Gasteiger partial charge in [0.15, 0.2) is 0 Å². The summed E-state index contributed by atoms with van der Waals surface area (Å²) in [6, 6.07) is 9.64. The van der Waals surface area contributed by atoms with Gasteiger partial charge >= 0.3 is 0 Å². The van der Waals surface area contributed by atoms with Crippen molar-refractivity contribution in [2.45, 2.75) is 45.1 Å². The highest BCUT2D eigenvalue weighted by atomic mass is 15.0. The molecule has 1 spiro atoms. The SMILES string of the molecule is CCc1ccc(NC2CC3(CCNCC3)C2)cc1. The van der Waals surface area contributed by atoms with Crippen molar-refractivity contribution in [3.63, 3.8) is 0 Å². The van der Waals surface area contributed by atoms with Gasteiger partial charge in [-0.1, -0.05) is 19.1 Å². The average molecular weight is 244 g/mol. The van der Waals surface area contributed by atoms with Gasteiger partial charge in [0.25, 0.3) is 0 Å². The maximum atomic E-state index is 3.68. The third-order valence-corrected chi connectivity index (χ3v) is 4.76. The fraction of sp³-hybridized carbons (Fsp3) is 0.625. The minimum Gasteiger partial charge on any atom is -0.382 e. The van der Waals surface area contributed by atoms with Crippen molar-refractivity contribution < 1.29 is 0 Å². The molecule has 0 radical (unpaired) electrons. The molecule has 3 rings (SSSR count). The molecule has 1 saturated heterocycles. The molecule has 2 fully saturated rings. The molecule has 1 aromatic carbocycles. The van der Waals surface area contributed by atoms with Crippen LogP contribution in [0.3, 0.4) is 0 Å². The molecule has 2 aliphatic rings. The van der Waals surface area contributed by atoms with E-state index in [-0.39, 0.29) is 0 Å². The first-order valence-electron chi connectivity index (χ1n) is 7.36. The lowest BCUT2D eigenvalue weighted by molar-refractivity contribution is 0.0718. The quantitative estimate of drug-likeness (QED) is 0.853. The van der Waals surface area contributed by atoms with Crippen molar-refractivity contribution in [3.8, 4) is 0 Å². The second-order valence-corrected chi connectivity index (χ2v) is 6.05. The zero-order valence-corrected chi connectivity index (χ0v) is 11.3. The van der Waals surface area contributed by atoms with Crippen molar-refractivity contribution in [2.24, 2.45) is 5.41 Å². The van der Waals surface area contributed by atoms with Gasteiger partial charge < -0.3 is 10.6 Å². The van der Waals surface area contributed by atoms with Crippen LogP contribution < -0.4 is 10.6 Å². The number of piperidine rings is 1. The topological polar surface area (TPSA) is 24.1 Å². The molecule has 0 unspecified atom stereocenters. The van der Waals surface area contributed by atoms with Gasteiger partial charge in [0.2, 0.25) is 0 Å². The Labute approximate surface area is 110 Å². The summed E-state index contributed by atoms with van der Waals surface area (Å²) in [5, 5.41) is 7.15. The molecular formula is C16H24N2. The third kappa shape index (κ3) is 2.39. The van der Waals surface area contributed by atoms with Gasteiger partial charge in [-0.25, -0.2) is 0 Å². The van der Waals surface area contributed by atoms with Crippen LogP contribution in [0.15, 0.2) is 24.3 Å². The monoisotopic (exact) mass is 244 g/mol. The molecule has 2 nitrogen and oxygen atoms in total. The maximum absolute atomic E-state index is 3.68. The zero-order valence-electron chi connectivity index (χ0n) is 11.3. The number of aryl methyl sites for hydroxylation is 1. The number of benzene rings is 1. The van der Waals surface area contributed by atoms with E-state index in [1.165, 1.54) is 50.0 Å². The van der Waals surface area contributed by atoms with Crippen LogP contribution >= 0.6 is 0 Å². The van der Waals surface area contributed by atoms with Crippen molar-refractivity contribution in [2.75, 3.05) is 18.4 Å². The Kier molecular flexibility index (Phi) is 3.29. The summed E-state index contributed by atoms with van der Waals surface area (Å²) in [5.74, 6) is 0. The molecule has 2 heteroatoms. The molecule has 0 bridgehead atoms. The standard InChI is InChI=1S/C16H24N2/c1-2-13-3-5-14(6-4-13)18-15-11-16(12-15)7-9-17-10-8-16/h3-6,15,17-18H,2,7-12H2,1H3. The van der Waals surface area contributed by atoms with Gasteiger partial charge in [-0.15, -0.1) is 0 Å². The average Bonchev–Trinajstić information content (AvgIpc) is 2.39. The summed E-state index contributed by atoms with van der Waals surface area (Å²) in [6.45, 7) is 4.64. The smallest absolute Gasteiger partial charge is 0.0342 e. The minimum absolute atomic E-state index is 0.673. The third-order valence-electron chi connectivity index (χ3n) is 4.76. The Morgan fingerprint density at radius 3 is 2.44 bits per heavy atom. The molecule has 1 aromatic rings. The summed E-state index contributed by atoms with van der Waals surface area (Å²) in [5.41, 5.74) is 3.39. The van der Waals surface area contributed by atoms with Crippen LogP contribution in [0.5, 0.6) is 0 Å². The van der Waals surface area contributed by atoms with E-state index in [1.54, 1.807) is 0 Å². The van der Waals surface area contributed by atoms with Gasteiger partial charge in [0, 0.05) is 11.7 Å². The summed E-state index contributed by atoms with van der Waals surface area (Å²) < 4.78 is 0. The van der Waals surface area contributed by atoms with Gasteiger partial charge in [0.05, 0.1) is 0 Å². The molecule has 0 amide bonds. The Morgan fingerprint density at radius 2 is 1.83 bits per heavy atom. The fourth-order valence-corrected chi connectivity index (χ4v) is 3.53. The predicted octanol–water partition coefficient (Wildman–Crippen LogP) is 3.19. The largest absolute Gasteiger partial charge is 0.382 e. The Morgan fingerprint density at radius 1 is 1.17 bits per heavy atom. The van der Waals surface area contributed by atoms with E-state index in [4.69, 9.17) is 0 Å². The first-order valence-corrected chi connectivity index (χ1v) is 7.36. The van der Waals surface area contributed by atoms with E-state index in [0.29, 0.717) is 11.5 Å². The molecule has 1 aliphatic heterocycles. The molecule has 18 heavy (non-hydrogen) atoms. The molecule has 1 saturated carbocycles. The normalized spacial score (nSPS) is 22.7. The van der Waals surface area contributed by atoms with Gasteiger partial charge in [-0.3, -0.25) is 0 Å². The van der Waals surface area contributed by atoms with E-state index in [9.17, 15) is 0 Å². The summed E-state index contributed by atoms with van der Waals surface area (Å²) >= 11 is 0. The Balaban J connectivity index is 1.52. The van der Waals surface area contributed by atoms with Gasteiger partial charge in [0.1, 0.15) is 0 Å². The van der Waals surface area contributed by atoms with E-state index in [1.807, 2.05) is 0 Å². The Bertz CT molecular complexity index is 382. The second kappa shape index (κ2) is 4.93. The highest BCUT2D eigenvalue weighted by Crippen LogP contribution is 2.48. The van der Waals surface area contributed by atoms with Gasteiger partial charge in [-0.05, 0) is 68.3 Å². The molecular weight excluding hydrogens is 220 g/mol. The highest BCUT2D eigenvalue weighted by Gasteiger charge is 2.44. The predicted molar refractivity (Wildman–Crippen MR) is 77.0 cm³/mol. The number of rotatable bonds is 3. The number of nitrogens with one attached hydrogen (secondary N) is 2. The Hall–Kier alpha value is -1.02. The molecule has 0 atom stereocenters. The minimum atomic E-state index is 0.673. The molecule has 1 heterocycles. The highest BCUT2D eigenvalue weighted by molar-refractivity contribution is 5.46. The first-order chi connectivity index (χ1) is 8.80. The number of hydrogen-bond donors (Lipinski definition) is 2. The van der Waals surface area contributed by atoms with Gasteiger partial charge in [-0.2, -0.15) is 0 Å². The van der Waals surface area contributed by atoms with Crippen molar-refractivity contribution in [3.05, 3.63) is 29.8 Å². The summed E-state index contributed by atoms with van der Waals surface area (Å²) in [6.07, 6.45) is 6.61. The first kappa shape index (κ1) is 12.0. The van der Waals surface area contributed by atoms with E-state index < -0.39 is 0 Å². The maximum Gasteiger partial charge on any atom is 0.0342 e. The van der Waals surface area contributed by atoms with E-state index in [0.717, 1.165) is 6.42 Å². The molecule has 2 N–H and O–H groups in total. The zero-order chi connectivity index (χ0) is 12.4. The molecule has 1 aliphatic carbocycles. The van der Waals surface area contributed by atoms with Crippen molar-refractivity contribution in [1.82, 2.24) is 5.32 Å². The molecule has 98 valence electrons.